The van der Waals surface area contributed by atoms with Crippen molar-refractivity contribution in [2.45, 2.75) is 12.5 Å². The first-order valence-electron chi connectivity index (χ1n) is 5.23. The van der Waals surface area contributed by atoms with Crippen LogP contribution in [0.3, 0.4) is 0 Å². The highest BCUT2D eigenvalue weighted by Crippen LogP contribution is 2.20. The molecule has 0 aliphatic rings. The topological polar surface area (TPSA) is 73.6 Å². The lowest BCUT2D eigenvalue weighted by atomic mass is 10.0. The third kappa shape index (κ3) is 3.35. The predicted octanol–water partition coefficient (Wildman–Crippen LogP) is 0.997. The summed E-state index contributed by atoms with van der Waals surface area (Å²) < 4.78 is 10.1. The van der Waals surface area contributed by atoms with Gasteiger partial charge in [0.05, 0.1) is 13.7 Å². The van der Waals surface area contributed by atoms with E-state index in [2.05, 4.69) is 5.32 Å². The number of carbonyl (C=O) groups is 1. The van der Waals surface area contributed by atoms with Gasteiger partial charge in [0, 0.05) is 18.9 Å². The standard InChI is InChI=1S/C12H18N2O3/c1-12(8-16-2,11(13)15)14-9-5-4-6-10(7-9)17-3/h4-7,14H,8H2,1-3H3,(H2,13,15). The van der Waals surface area contributed by atoms with Crippen LogP contribution in [0, 0.1) is 0 Å². The van der Waals surface area contributed by atoms with Crippen molar-refractivity contribution in [1.82, 2.24) is 0 Å². The average molecular weight is 238 g/mol. The van der Waals surface area contributed by atoms with Gasteiger partial charge in [-0.05, 0) is 19.1 Å². The number of carbonyl (C=O) groups excluding carboxylic acids is 1. The predicted molar refractivity (Wildman–Crippen MR) is 66.1 cm³/mol. The Hall–Kier alpha value is -1.75. The Morgan fingerprint density at radius 3 is 2.71 bits per heavy atom. The van der Waals surface area contributed by atoms with Gasteiger partial charge in [-0.25, -0.2) is 0 Å². The lowest BCUT2D eigenvalue weighted by molar-refractivity contribution is -0.123. The monoisotopic (exact) mass is 238 g/mol. The van der Waals surface area contributed by atoms with Gasteiger partial charge >= 0.3 is 0 Å². The van der Waals surface area contributed by atoms with Crippen molar-refractivity contribution in [3.05, 3.63) is 24.3 Å². The van der Waals surface area contributed by atoms with Gasteiger partial charge in [0.15, 0.2) is 0 Å². The molecule has 0 bridgehead atoms. The maximum absolute atomic E-state index is 11.4. The van der Waals surface area contributed by atoms with Crippen molar-refractivity contribution in [2.75, 3.05) is 26.1 Å². The van der Waals surface area contributed by atoms with Crippen LogP contribution in [0.1, 0.15) is 6.92 Å². The minimum atomic E-state index is -0.943. The van der Waals surface area contributed by atoms with Crippen LogP contribution in [0.2, 0.25) is 0 Å². The van der Waals surface area contributed by atoms with E-state index in [1.165, 1.54) is 7.11 Å². The van der Waals surface area contributed by atoms with Crippen molar-refractivity contribution in [2.24, 2.45) is 5.73 Å². The summed E-state index contributed by atoms with van der Waals surface area (Å²) in [5, 5.41) is 3.05. The zero-order valence-electron chi connectivity index (χ0n) is 10.3. The van der Waals surface area contributed by atoms with E-state index in [4.69, 9.17) is 15.2 Å². The highest BCUT2D eigenvalue weighted by atomic mass is 16.5. The van der Waals surface area contributed by atoms with Crippen molar-refractivity contribution >= 4 is 11.6 Å². The van der Waals surface area contributed by atoms with Gasteiger partial charge in [-0.15, -0.1) is 0 Å². The molecule has 1 atom stereocenters. The van der Waals surface area contributed by atoms with Crippen LogP contribution in [0.4, 0.5) is 5.69 Å². The molecule has 0 saturated heterocycles. The Labute approximate surface area is 101 Å². The maximum Gasteiger partial charge on any atom is 0.245 e. The Morgan fingerprint density at radius 1 is 1.47 bits per heavy atom. The summed E-state index contributed by atoms with van der Waals surface area (Å²) in [5.41, 5.74) is 5.17. The number of anilines is 1. The second-order valence-electron chi connectivity index (χ2n) is 3.99. The molecular weight excluding hydrogens is 220 g/mol. The number of hydrogen-bond donors (Lipinski definition) is 2. The molecule has 5 nitrogen and oxygen atoms in total. The van der Waals surface area contributed by atoms with Gasteiger partial charge < -0.3 is 20.5 Å². The number of hydrogen-bond acceptors (Lipinski definition) is 4. The molecule has 17 heavy (non-hydrogen) atoms. The molecule has 0 fully saturated rings. The van der Waals surface area contributed by atoms with Crippen LogP contribution in [-0.2, 0) is 9.53 Å². The fourth-order valence-electron chi connectivity index (χ4n) is 1.48. The summed E-state index contributed by atoms with van der Waals surface area (Å²) in [5.74, 6) is 0.237. The molecule has 1 rings (SSSR count). The summed E-state index contributed by atoms with van der Waals surface area (Å²) in [6.07, 6.45) is 0. The van der Waals surface area contributed by atoms with E-state index in [-0.39, 0.29) is 6.61 Å². The third-order valence-electron chi connectivity index (χ3n) is 2.47. The Kier molecular flexibility index (Phi) is 4.34. The molecule has 0 spiro atoms. The van der Waals surface area contributed by atoms with Gasteiger partial charge in [-0.1, -0.05) is 6.07 Å². The normalized spacial score (nSPS) is 13.8. The molecule has 0 aliphatic carbocycles. The fourth-order valence-corrected chi connectivity index (χ4v) is 1.48. The average Bonchev–Trinajstić information content (AvgIpc) is 2.29. The largest absolute Gasteiger partial charge is 0.497 e. The van der Waals surface area contributed by atoms with E-state index >= 15 is 0 Å². The maximum atomic E-state index is 11.4. The van der Waals surface area contributed by atoms with Crippen LogP contribution in [0.25, 0.3) is 0 Å². The van der Waals surface area contributed by atoms with E-state index in [0.29, 0.717) is 5.75 Å². The summed E-state index contributed by atoms with van der Waals surface area (Å²) in [4.78, 5) is 11.4. The molecule has 3 N–H and O–H groups in total. The number of methoxy groups -OCH3 is 2. The number of primary amides is 1. The highest BCUT2D eigenvalue weighted by molar-refractivity contribution is 5.87. The van der Waals surface area contributed by atoms with Gasteiger partial charge in [0.2, 0.25) is 5.91 Å². The van der Waals surface area contributed by atoms with Crippen LogP contribution >= 0.6 is 0 Å². The summed E-state index contributed by atoms with van der Waals surface area (Å²) in [6.45, 7) is 1.89. The number of benzene rings is 1. The van der Waals surface area contributed by atoms with E-state index in [1.54, 1.807) is 20.1 Å². The molecule has 0 radical (unpaired) electrons. The molecule has 5 heteroatoms. The number of nitrogens with two attached hydrogens (primary N) is 1. The van der Waals surface area contributed by atoms with Gasteiger partial charge in [0.1, 0.15) is 11.3 Å². The second-order valence-corrected chi connectivity index (χ2v) is 3.99. The minimum absolute atomic E-state index is 0.194. The summed E-state index contributed by atoms with van der Waals surface area (Å²) in [7, 11) is 3.11. The van der Waals surface area contributed by atoms with Crippen LogP contribution < -0.4 is 15.8 Å². The molecule has 0 aromatic heterocycles. The molecule has 0 saturated carbocycles. The Morgan fingerprint density at radius 2 is 2.18 bits per heavy atom. The molecule has 1 aromatic carbocycles. The zero-order valence-corrected chi connectivity index (χ0v) is 10.3. The van der Waals surface area contributed by atoms with Crippen molar-refractivity contribution in [3.8, 4) is 5.75 Å². The first-order valence-corrected chi connectivity index (χ1v) is 5.23. The van der Waals surface area contributed by atoms with E-state index in [1.807, 2.05) is 18.2 Å². The van der Waals surface area contributed by atoms with Crippen LogP contribution in [0.15, 0.2) is 24.3 Å². The quantitative estimate of drug-likeness (QED) is 0.775. The third-order valence-corrected chi connectivity index (χ3v) is 2.47. The molecule has 1 aromatic rings. The van der Waals surface area contributed by atoms with Gasteiger partial charge in [-0.2, -0.15) is 0 Å². The number of rotatable bonds is 6. The van der Waals surface area contributed by atoms with Gasteiger partial charge in [0.25, 0.3) is 0 Å². The first-order chi connectivity index (χ1) is 8.01. The first kappa shape index (κ1) is 13.3. The lowest BCUT2D eigenvalue weighted by Crippen LogP contribution is -2.51. The zero-order chi connectivity index (χ0) is 12.9. The molecule has 0 heterocycles. The molecule has 1 amide bonds. The SMILES string of the molecule is COCC(C)(Nc1cccc(OC)c1)C(N)=O. The number of ether oxygens (including phenoxy) is 2. The second kappa shape index (κ2) is 5.54. The Bertz CT molecular complexity index is 395. The highest BCUT2D eigenvalue weighted by Gasteiger charge is 2.30. The summed E-state index contributed by atoms with van der Waals surface area (Å²) >= 11 is 0. The van der Waals surface area contributed by atoms with Crippen molar-refractivity contribution in [1.29, 1.82) is 0 Å². The lowest BCUT2D eigenvalue weighted by Gasteiger charge is -2.27. The van der Waals surface area contributed by atoms with Crippen LogP contribution in [0.5, 0.6) is 5.75 Å². The van der Waals surface area contributed by atoms with E-state index in [9.17, 15) is 4.79 Å². The Balaban J connectivity index is 2.89. The van der Waals surface area contributed by atoms with Crippen LogP contribution in [-0.4, -0.2) is 32.3 Å². The smallest absolute Gasteiger partial charge is 0.245 e. The molecular formula is C12H18N2O3. The van der Waals surface area contributed by atoms with Crippen molar-refractivity contribution in [3.63, 3.8) is 0 Å². The number of nitrogens with one attached hydrogen (secondary N) is 1. The molecule has 1 unspecified atom stereocenters. The minimum Gasteiger partial charge on any atom is -0.497 e. The fraction of sp³-hybridized carbons (Fsp3) is 0.417. The van der Waals surface area contributed by atoms with Gasteiger partial charge in [-0.3, -0.25) is 4.79 Å². The molecule has 94 valence electrons. The van der Waals surface area contributed by atoms with E-state index < -0.39 is 11.4 Å². The molecule has 0 aliphatic heterocycles. The van der Waals surface area contributed by atoms with Crippen molar-refractivity contribution < 1.29 is 14.3 Å². The van der Waals surface area contributed by atoms with E-state index in [0.717, 1.165) is 5.69 Å². The number of amides is 1. The summed E-state index contributed by atoms with van der Waals surface area (Å²) in [6, 6.07) is 7.27.